The van der Waals surface area contributed by atoms with Crippen LogP contribution in [-0.4, -0.2) is 245 Å². The first-order chi connectivity index (χ1) is 47.0. The van der Waals surface area contributed by atoms with Crippen LogP contribution >= 0.6 is 70.5 Å². The molecule has 2 saturated heterocycles. The number of nitrogens with zero attached hydrogens (tertiary/aromatic N) is 8. The molecular formula is C46H76N14O34P6S2. The van der Waals surface area contributed by atoms with E-state index < -0.39 is 169 Å². The highest BCUT2D eigenvalue weighted by Crippen LogP contribution is 2.63. The minimum atomic E-state index is -5.56. The smallest absolute Gasteiger partial charge is 0.386 e. The van der Waals surface area contributed by atoms with Gasteiger partial charge < -0.3 is 102 Å². The molecule has 0 radical (unpaired) electrons. The Labute approximate surface area is 584 Å². The van der Waals surface area contributed by atoms with Gasteiger partial charge in [-0.2, -0.15) is 8.62 Å². The highest BCUT2D eigenvalue weighted by molar-refractivity contribution is 8.13. The largest absolute Gasteiger partial charge is 0.481 e. The van der Waals surface area contributed by atoms with Gasteiger partial charge in [-0.1, -0.05) is 51.2 Å². The molecule has 4 amide bonds. The van der Waals surface area contributed by atoms with Crippen molar-refractivity contribution in [1.82, 2.24) is 60.3 Å². The number of thioether (sulfide) groups is 2. The third-order valence-corrected chi connectivity index (χ3v) is 21.4. The Kier molecular flexibility index (Phi) is 31.9. The van der Waals surface area contributed by atoms with Crippen LogP contribution in [0.2, 0.25) is 0 Å². The summed E-state index contributed by atoms with van der Waals surface area (Å²) in [4.78, 5) is 172. The number of aliphatic hydroxyl groups excluding tert-OH is 4. The number of amides is 4. The van der Waals surface area contributed by atoms with E-state index >= 15 is 0 Å². The normalized spacial score (nSPS) is 22.6. The second-order valence-electron chi connectivity index (χ2n) is 22.8. The number of fused-ring (bicyclic) bond motifs is 2. The molecule has 6 heterocycles. The van der Waals surface area contributed by atoms with Gasteiger partial charge in [-0.05, 0) is 0 Å². The topological polar surface area (TPSA) is 727 Å². The average molecular weight is 1620 g/mol. The van der Waals surface area contributed by atoms with Crippen molar-refractivity contribution in [2.45, 2.75) is 116 Å². The lowest BCUT2D eigenvalue weighted by Gasteiger charge is -2.30. The lowest BCUT2D eigenvalue weighted by molar-refractivity contribution is -0.137. The predicted octanol–water partition coefficient (Wildman–Crippen LogP) is -2.63. The third-order valence-electron chi connectivity index (χ3n) is 13.6. The fourth-order valence-corrected chi connectivity index (χ4v) is 15.3. The van der Waals surface area contributed by atoms with Gasteiger partial charge in [0.25, 0.3) is 0 Å². The summed E-state index contributed by atoms with van der Waals surface area (Å²) in [6.07, 6.45) is -13.8. The molecule has 20 N–H and O–H groups in total. The van der Waals surface area contributed by atoms with E-state index in [1.54, 1.807) is 0 Å². The van der Waals surface area contributed by atoms with Crippen LogP contribution in [0.4, 0.5) is 11.6 Å². The van der Waals surface area contributed by atoms with E-state index in [9.17, 15) is 116 Å². The molecule has 48 nitrogen and oxygen atoms in total. The lowest BCUT2D eigenvalue weighted by atomic mass is 9.87. The maximum absolute atomic E-state index is 12.6. The van der Waals surface area contributed by atoms with Crippen molar-refractivity contribution in [3.05, 3.63) is 25.3 Å². The van der Waals surface area contributed by atoms with Gasteiger partial charge in [0.2, 0.25) is 23.6 Å². The summed E-state index contributed by atoms with van der Waals surface area (Å²) in [5.41, 5.74) is 8.52. The number of carbonyl (C=O) groups is 6. The van der Waals surface area contributed by atoms with Crippen molar-refractivity contribution < 1.29 is 161 Å². The number of hydrogen-bond acceptors (Lipinski definition) is 36. The van der Waals surface area contributed by atoms with Crippen LogP contribution in [0.5, 0.6) is 0 Å². The van der Waals surface area contributed by atoms with Crippen LogP contribution < -0.4 is 32.7 Å². The Morgan fingerprint density at radius 2 is 0.873 bits per heavy atom. The van der Waals surface area contributed by atoms with Gasteiger partial charge in [0.15, 0.2) is 45.6 Å². The van der Waals surface area contributed by atoms with Crippen molar-refractivity contribution in [3.8, 4) is 0 Å². The number of aliphatic hydroxyl groups is 4. The number of anilines is 2. The summed E-state index contributed by atoms with van der Waals surface area (Å²) >= 11 is 2.05. The third kappa shape index (κ3) is 27.5. The lowest BCUT2D eigenvalue weighted by Crippen LogP contribution is -2.46. The molecular weight excluding hydrogens is 1540 g/mol. The van der Waals surface area contributed by atoms with Crippen molar-refractivity contribution in [2.24, 2.45) is 10.8 Å². The minimum absolute atomic E-state index is 0.0310. The Balaban J connectivity index is 0.000000367. The SMILES string of the molecule is CC(=O)SCCNC(=O)CCNC(=O)[C@H](O)C(C)(C)COP(=O)(O)OP(=O)(O)OC[C@H]1O[C@@H](n2cnc3c(N)ncnc32)[C@H](O)[C@@H]1OP(=O)(O)O.CC(=O)SCCNC(=O)CCNC(=O)[C@H](O)C(C)(C)COP(=O)(O)OP(=O)(O)OC[C@H]1O[C@@H](n2cnc3c(N)ncnc32)[C@H](O)[C@@H]1OP(=O)(O)O. The van der Waals surface area contributed by atoms with Gasteiger partial charge in [-0.25, -0.2) is 57.3 Å². The zero-order chi connectivity index (χ0) is 76.7. The molecule has 0 bridgehead atoms. The monoisotopic (exact) mass is 1620 g/mol. The quantitative estimate of drug-likeness (QED) is 0.0161. The maximum atomic E-state index is 12.6. The number of nitrogen functional groups attached to an aromatic ring is 2. The molecule has 56 heteroatoms. The molecule has 2 aliphatic heterocycles. The predicted molar refractivity (Wildman–Crippen MR) is 346 cm³/mol. The number of carbonyl (C=O) groups excluding carboxylic acids is 6. The Morgan fingerprint density at radius 3 is 1.20 bits per heavy atom. The number of nitrogens with two attached hydrogens (primary N) is 2. The van der Waals surface area contributed by atoms with E-state index in [1.807, 2.05) is 0 Å². The van der Waals surface area contributed by atoms with Gasteiger partial charge in [0.1, 0.15) is 72.5 Å². The van der Waals surface area contributed by atoms with Gasteiger partial charge in [-0.15, -0.1) is 0 Å². The summed E-state index contributed by atoms with van der Waals surface area (Å²) in [6, 6.07) is 0. The minimum Gasteiger partial charge on any atom is -0.386 e. The van der Waals surface area contributed by atoms with Crippen LogP contribution in [0.15, 0.2) is 25.3 Å². The standard InChI is InChI=1S/2C23H38N7O17P3S/c2*1-12(31)51-7-6-25-14(32)4-5-26-21(35)18(34)23(2,3)9-44-50(41,42)47-49(39,40)43-8-13-17(46-48(36,37)38)16(33)22(45-13)30-11-29-15-19(24)27-10-28-20(15)30/h2*10-11,13,16-18,22,33-34H,4-9H2,1-3H3,(H,25,32)(H,26,35)(H,39,40)(H,41,42)(H2,24,27,28)(H2,36,37,38)/t2*13-,16-,17-,18+,22-/m11/s1. The van der Waals surface area contributed by atoms with Crippen LogP contribution in [-0.2, 0) is 101 Å². The van der Waals surface area contributed by atoms with Crippen molar-refractivity contribution in [3.63, 3.8) is 0 Å². The Morgan fingerprint density at radius 1 is 0.539 bits per heavy atom. The average Bonchev–Trinajstić information content (AvgIpc) is 1.62. The molecule has 0 saturated carbocycles. The molecule has 2 fully saturated rings. The van der Waals surface area contributed by atoms with Crippen LogP contribution in [0, 0.1) is 10.8 Å². The van der Waals surface area contributed by atoms with Gasteiger partial charge in [0, 0.05) is 75.2 Å². The van der Waals surface area contributed by atoms with E-state index in [0.29, 0.717) is 11.5 Å². The number of imidazole rings is 2. The number of hydrogen-bond donors (Lipinski definition) is 18. The first-order valence-corrected chi connectivity index (χ1v) is 40.1. The molecule has 14 atom stereocenters. The van der Waals surface area contributed by atoms with Crippen LogP contribution in [0.1, 0.15) is 66.8 Å². The summed E-state index contributed by atoms with van der Waals surface area (Å²) in [5.74, 6) is -2.17. The van der Waals surface area contributed by atoms with E-state index in [0.717, 1.165) is 58.0 Å². The van der Waals surface area contributed by atoms with E-state index in [1.165, 1.54) is 41.5 Å². The number of rotatable bonds is 38. The molecule has 102 heavy (non-hydrogen) atoms. The summed E-state index contributed by atoms with van der Waals surface area (Å²) in [7, 11) is -32.7. The first-order valence-electron chi connectivity index (χ1n) is 29.1. The van der Waals surface area contributed by atoms with Crippen LogP contribution in [0.25, 0.3) is 22.3 Å². The summed E-state index contributed by atoms with van der Waals surface area (Å²) < 4.78 is 124. The van der Waals surface area contributed by atoms with E-state index in [4.69, 9.17) is 39.0 Å². The van der Waals surface area contributed by atoms with Gasteiger partial charge in [0.05, 0.1) is 39.1 Å². The highest BCUT2D eigenvalue weighted by atomic mass is 32.2. The van der Waals surface area contributed by atoms with Crippen molar-refractivity contribution in [1.29, 1.82) is 0 Å². The molecule has 6 rings (SSSR count). The fraction of sp³-hybridized carbons (Fsp3) is 0.652. The van der Waals surface area contributed by atoms with Crippen LogP contribution in [0.3, 0.4) is 0 Å². The molecule has 2 aliphatic rings. The Hall–Kier alpha value is -4.88. The Bertz CT molecular complexity index is 3660. The number of nitrogens with one attached hydrogen (secondary N) is 4. The van der Waals surface area contributed by atoms with Crippen molar-refractivity contribution >= 4 is 138 Å². The zero-order valence-corrected chi connectivity index (χ0v) is 61.1. The number of ether oxygens (including phenoxy) is 2. The van der Waals surface area contributed by atoms with Gasteiger partial charge >= 0.3 is 46.9 Å². The molecule has 4 aromatic rings. The number of phosphoric acid groups is 6. The van der Waals surface area contributed by atoms with Crippen molar-refractivity contribution in [2.75, 3.05) is 75.6 Å². The van der Waals surface area contributed by atoms with E-state index in [2.05, 4.69) is 68.8 Å². The highest BCUT2D eigenvalue weighted by Gasteiger charge is 2.52. The molecule has 0 aliphatic carbocycles. The van der Waals surface area contributed by atoms with Gasteiger partial charge in [-0.3, -0.25) is 65.0 Å². The molecule has 0 spiro atoms. The summed E-state index contributed by atoms with van der Waals surface area (Å²) in [6.45, 7) is 3.80. The molecule has 4 unspecified atom stereocenters. The zero-order valence-electron chi connectivity index (χ0n) is 54.1. The molecule has 4 aromatic heterocycles. The number of aromatic nitrogens is 8. The maximum Gasteiger partial charge on any atom is 0.481 e. The second kappa shape index (κ2) is 37.1. The molecule has 576 valence electrons. The summed E-state index contributed by atoms with van der Waals surface area (Å²) in [5, 5.41) is 52.1. The van der Waals surface area contributed by atoms with E-state index in [-0.39, 0.29) is 83.2 Å². The fourth-order valence-electron chi connectivity index (χ4n) is 8.65. The molecule has 0 aromatic carbocycles. The second-order valence-corrected chi connectivity index (χ2v) is 33.8. The first kappa shape index (κ1) is 87.8. The number of phosphoric ester groups is 6.